The van der Waals surface area contributed by atoms with E-state index in [1.165, 1.54) is 19.0 Å². The van der Waals surface area contributed by atoms with Crippen LogP contribution in [0.2, 0.25) is 0 Å². The van der Waals surface area contributed by atoms with Crippen LogP contribution >= 0.6 is 0 Å². The van der Waals surface area contributed by atoms with E-state index in [2.05, 4.69) is 27.2 Å². The van der Waals surface area contributed by atoms with E-state index >= 15 is 0 Å². The van der Waals surface area contributed by atoms with E-state index < -0.39 is 133 Å². The highest BCUT2D eigenvalue weighted by atomic mass is 16.6. The van der Waals surface area contributed by atoms with Crippen molar-refractivity contribution in [3.63, 3.8) is 0 Å². The van der Waals surface area contributed by atoms with Crippen LogP contribution in [0.4, 0.5) is 9.59 Å². The van der Waals surface area contributed by atoms with Gasteiger partial charge in [-0.15, -0.1) is 6.42 Å². The maximum atomic E-state index is 13.5. The molecule has 34 nitrogen and oxygen atoms in total. The van der Waals surface area contributed by atoms with Gasteiger partial charge in [0.05, 0.1) is 116 Å². The molecule has 2 rings (SSSR count). The molecule has 2 heterocycles. The van der Waals surface area contributed by atoms with Gasteiger partial charge >= 0.3 is 24.1 Å². The molecule has 0 unspecified atom stereocenters. The van der Waals surface area contributed by atoms with Gasteiger partial charge in [-0.3, -0.25) is 25.2 Å². The molecule has 16 N–H and O–H groups in total. The Kier molecular flexibility index (Phi) is 33.1. The van der Waals surface area contributed by atoms with Crippen LogP contribution in [0.25, 0.3) is 0 Å². The summed E-state index contributed by atoms with van der Waals surface area (Å²) in [5, 5.41) is 86.2. The average Bonchev–Trinajstić information content (AvgIpc) is 3.41. The summed E-state index contributed by atoms with van der Waals surface area (Å²) < 4.78 is 55.2. The Bertz CT molecular complexity index is 2070. The van der Waals surface area contributed by atoms with Crippen LogP contribution in [0.15, 0.2) is 23.7 Å². The monoisotopic (exact) mass is 1180 g/mol. The van der Waals surface area contributed by atoms with Crippen LogP contribution in [0.3, 0.4) is 0 Å². The maximum Gasteiger partial charge on any atom is 0.410 e. The number of carboxylic acid groups (broad SMARTS) is 2. The molecular formula is C48H79N11O23. The number of nitrogens with one attached hydrogen (secondary N) is 6. The van der Waals surface area contributed by atoms with Crippen molar-refractivity contribution >= 4 is 53.8 Å². The van der Waals surface area contributed by atoms with Gasteiger partial charge in [-0.1, -0.05) is 5.92 Å². The Balaban J connectivity index is 2.10. The molecule has 464 valence electrons. The van der Waals surface area contributed by atoms with Crippen LogP contribution in [-0.4, -0.2) is 293 Å². The summed E-state index contributed by atoms with van der Waals surface area (Å²) in [6, 6.07) is -5.01. The summed E-state index contributed by atoms with van der Waals surface area (Å²) in [6.45, 7) is 1.41. The van der Waals surface area contributed by atoms with Crippen LogP contribution in [0.1, 0.15) is 20.3 Å². The van der Waals surface area contributed by atoms with E-state index in [1.54, 1.807) is 0 Å². The average molecular weight is 1180 g/mol. The number of hydrogen-bond donors (Lipinski definition) is 14. The lowest BCUT2D eigenvalue weighted by molar-refractivity contribution is -0.148. The first-order valence-corrected chi connectivity index (χ1v) is 25.5. The van der Waals surface area contributed by atoms with Crippen molar-refractivity contribution in [1.82, 2.24) is 36.0 Å². The first-order valence-electron chi connectivity index (χ1n) is 25.5. The standard InChI is InChI=1S/C48H79N11O23/c1-6-12-73-18-20-77-22-23-78-21-19-74-13-7-36(66)59(10-16-75-14-8-57(4)47(71)81-39(32(64)26-60)41-37(53-28(2)62)30(55-45(49)50)24-34(79-41)43(67)68)11-17-76-15-9-58(5)48(72)82-40(33(65)27-61)42-38(54-29(3)63)31(56-46(51)52)25-35(80-42)44(69)70/h1,24-25,30-33,37-42,60-61,64-65H,7-23,26-27H2,2-5H3,(H,53,62)(H,54,63)(H,67,68)(H,69,70)(H4,49,50,55)(H4,51,52,56)/t30-,31-,32+,33+,37+,38+,39+,40+,41+,42+/m0/s1. The summed E-state index contributed by atoms with van der Waals surface area (Å²) in [7, 11) is 2.61. The molecule has 10 atom stereocenters. The van der Waals surface area contributed by atoms with Gasteiger partial charge in [0.25, 0.3) is 0 Å². The zero-order chi connectivity index (χ0) is 61.3. The Morgan fingerprint density at radius 1 is 0.610 bits per heavy atom. The van der Waals surface area contributed by atoms with Gasteiger partial charge in [-0.2, -0.15) is 0 Å². The second-order valence-corrected chi connectivity index (χ2v) is 17.9. The first kappa shape index (κ1) is 70.8. The van der Waals surface area contributed by atoms with Gasteiger partial charge < -0.3 is 125 Å². The number of aliphatic hydroxyl groups excluding tert-OH is 4. The minimum absolute atomic E-state index is 0.00154. The zero-order valence-electron chi connectivity index (χ0n) is 46.1. The van der Waals surface area contributed by atoms with Crippen molar-refractivity contribution in [2.75, 3.05) is 133 Å². The number of carbonyl (C=O) groups excluding carboxylic acids is 5. The van der Waals surface area contributed by atoms with E-state index in [0.717, 1.165) is 35.8 Å². The highest BCUT2D eigenvalue weighted by Crippen LogP contribution is 2.27. The van der Waals surface area contributed by atoms with E-state index in [0.29, 0.717) is 19.8 Å². The van der Waals surface area contributed by atoms with E-state index in [1.807, 2.05) is 0 Å². The van der Waals surface area contributed by atoms with Gasteiger partial charge in [0.15, 0.2) is 36.3 Å². The first-order chi connectivity index (χ1) is 38.9. The topological polar surface area (TPSA) is 491 Å². The minimum Gasteiger partial charge on any atom is -0.477 e. The molecule has 0 spiro atoms. The largest absolute Gasteiger partial charge is 0.477 e. The lowest BCUT2D eigenvalue weighted by Gasteiger charge is -2.41. The fraction of sp³-hybridized carbons (Fsp3) is 0.688. The molecule has 0 aromatic rings. The van der Waals surface area contributed by atoms with Crippen molar-refractivity contribution in [2.45, 2.75) is 81.1 Å². The SMILES string of the molecule is C#CCOCCOCCOCCOCCC(=O)N(CCOCCN(C)C(=O)O[C@@H]([C@@H]1OC(C(=O)O)=C[C@H](NC(=N)N)[C@H]1NC(C)=O)[C@H](O)CO)CCOCCN(C)C(=O)O[C@@H]([C@@H]1OC(C(=O)O)=C[C@H](NC(=N)N)[C@H]1NC(C)=O)[C@H](O)CO. The molecule has 0 radical (unpaired) electrons. The number of amides is 5. The van der Waals surface area contributed by atoms with Crippen molar-refractivity contribution in [3.8, 4) is 12.3 Å². The molecular weight excluding hydrogens is 1100 g/mol. The maximum absolute atomic E-state index is 13.5. The van der Waals surface area contributed by atoms with Crippen LogP contribution in [0.5, 0.6) is 0 Å². The number of ether oxygens (including phenoxy) is 10. The predicted molar refractivity (Wildman–Crippen MR) is 281 cm³/mol. The summed E-state index contributed by atoms with van der Waals surface area (Å²) >= 11 is 0. The Hall–Kier alpha value is -7.33. The van der Waals surface area contributed by atoms with E-state index in [-0.39, 0.29) is 98.0 Å². The molecule has 0 saturated heterocycles. The van der Waals surface area contributed by atoms with Crippen molar-refractivity contribution < 1.29 is 112 Å². The van der Waals surface area contributed by atoms with Gasteiger partial charge in [0.2, 0.25) is 29.2 Å². The Morgan fingerprint density at radius 2 is 0.963 bits per heavy atom. The number of nitrogens with zero attached hydrogens (tertiary/aromatic N) is 3. The molecule has 0 aromatic carbocycles. The molecule has 2 aliphatic heterocycles. The third-order valence-corrected chi connectivity index (χ3v) is 11.6. The molecule has 0 aliphatic carbocycles. The van der Waals surface area contributed by atoms with Gasteiger partial charge in [0.1, 0.15) is 18.8 Å². The molecule has 0 saturated carbocycles. The van der Waals surface area contributed by atoms with Crippen molar-refractivity contribution in [2.24, 2.45) is 11.5 Å². The fourth-order valence-corrected chi connectivity index (χ4v) is 7.64. The fourth-order valence-electron chi connectivity index (χ4n) is 7.64. The van der Waals surface area contributed by atoms with Gasteiger partial charge in [-0.25, -0.2) is 19.2 Å². The second kappa shape index (κ2) is 38.4. The van der Waals surface area contributed by atoms with Crippen LogP contribution in [0, 0.1) is 23.2 Å². The van der Waals surface area contributed by atoms with Crippen molar-refractivity contribution in [1.29, 1.82) is 10.8 Å². The van der Waals surface area contributed by atoms with Gasteiger partial charge in [-0.05, 0) is 12.2 Å². The third kappa shape index (κ3) is 26.1. The number of nitrogens with two attached hydrogens (primary N) is 2. The highest BCUT2D eigenvalue weighted by Gasteiger charge is 2.48. The Labute approximate surface area is 472 Å². The quantitative estimate of drug-likeness (QED) is 0.0118. The molecule has 82 heavy (non-hydrogen) atoms. The van der Waals surface area contributed by atoms with Crippen LogP contribution in [-0.2, 0) is 71.3 Å². The number of rotatable bonds is 39. The number of carbonyl (C=O) groups is 7. The number of terminal acetylenes is 1. The molecule has 5 amide bonds. The zero-order valence-corrected chi connectivity index (χ0v) is 46.1. The van der Waals surface area contributed by atoms with Gasteiger partial charge in [0, 0.05) is 54.1 Å². The number of guanidine groups is 2. The molecule has 34 heteroatoms. The molecule has 2 aliphatic rings. The van der Waals surface area contributed by atoms with Crippen molar-refractivity contribution in [3.05, 3.63) is 23.7 Å². The summed E-state index contributed by atoms with van der Waals surface area (Å²) in [5.41, 5.74) is 11.0. The second-order valence-electron chi connectivity index (χ2n) is 17.9. The minimum atomic E-state index is -1.87. The Morgan fingerprint density at radius 3 is 1.30 bits per heavy atom. The number of carboxylic acids is 2. The summed E-state index contributed by atoms with van der Waals surface area (Å²) in [5.74, 6) is -5.12. The normalized spacial score (nSPS) is 19.7. The molecule has 0 bridgehead atoms. The predicted octanol–water partition coefficient (Wildman–Crippen LogP) is -6.03. The van der Waals surface area contributed by atoms with E-state index in [4.69, 9.17) is 76.1 Å². The lowest BCUT2D eigenvalue weighted by atomic mass is 9.91. The van der Waals surface area contributed by atoms with E-state index in [9.17, 15) is 64.2 Å². The molecule has 0 fully saturated rings. The number of aliphatic carboxylic acids is 2. The smallest absolute Gasteiger partial charge is 0.410 e. The third-order valence-electron chi connectivity index (χ3n) is 11.6. The number of aliphatic hydroxyl groups is 4. The lowest BCUT2D eigenvalue weighted by Crippen LogP contribution is -2.65. The number of likely N-dealkylation sites (N-methyl/N-ethyl adjacent to an activating group) is 2. The highest BCUT2D eigenvalue weighted by molar-refractivity contribution is 5.86. The summed E-state index contributed by atoms with van der Waals surface area (Å²) in [4.78, 5) is 92.1. The van der Waals surface area contributed by atoms with Crippen LogP contribution < -0.4 is 32.7 Å². The summed E-state index contributed by atoms with van der Waals surface area (Å²) in [6.07, 6.45) is -5.71. The molecule has 0 aromatic heterocycles. The number of hydrogen-bond acceptors (Lipinski definition) is 23.